The third-order valence-electron chi connectivity index (χ3n) is 4.44. The first-order valence-corrected chi connectivity index (χ1v) is 8.04. The lowest BCUT2D eigenvalue weighted by atomic mass is 10.0. The van der Waals surface area contributed by atoms with E-state index in [1.54, 1.807) is 6.07 Å². The van der Waals surface area contributed by atoms with Crippen molar-refractivity contribution in [2.45, 2.75) is 25.8 Å². The molecule has 6 heteroatoms. The van der Waals surface area contributed by atoms with Crippen LogP contribution in [0.2, 0.25) is 0 Å². The van der Waals surface area contributed by atoms with Crippen LogP contribution < -0.4 is 5.32 Å². The summed E-state index contributed by atoms with van der Waals surface area (Å²) in [5, 5.41) is 8.06. The van der Waals surface area contributed by atoms with Gasteiger partial charge in [-0.05, 0) is 43.0 Å². The Balaban J connectivity index is 1.48. The number of aromatic amines is 1. The fraction of sp³-hybridized carbons (Fsp3) is 0.333. The van der Waals surface area contributed by atoms with Crippen LogP contribution in [0.4, 0.5) is 0 Å². The summed E-state index contributed by atoms with van der Waals surface area (Å²) in [6.45, 7) is 5.26. The summed E-state index contributed by atoms with van der Waals surface area (Å²) in [6, 6.07) is 9.80. The average molecular weight is 325 g/mol. The lowest BCUT2D eigenvalue weighted by molar-refractivity contribution is 0.00556. The summed E-state index contributed by atoms with van der Waals surface area (Å²) in [6.07, 6.45) is 0. The quantitative estimate of drug-likeness (QED) is 0.772. The summed E-state index contributed by atoms with van der Waals surface area (Å²) >= 11 is 0. The van der Waals surface area contributed by atoms with Crippen molar-refractivity contribution in [3.8, 4) is 0 Å². The summed E-state index contributed by atoms with van der Waals surface area (Å²) in [7, 11) is 0. The predicted octanol–water partition coefficient (Wildman–Crippen LogP) is 3.07. The Morgan fingerprint density at radius 3 is 2.92 bits per heavy atom. The van der Waals surface area contributed by atoms with Crippen LogP contribution in [0.3, 0.4) is 0 Å². The minimum atomic E-state index is -0.258. The second-order valence-corrected chi connectivity index (χ2v) is 6.34. The minimum Gasteiger partial charge on any atom is -0.380 e. The summed E-state index contributed by atoms with van der Waals surface area (Å²) in [5.74, 6) is 0.223. The van der Waals surface area contributed by atoms with Crippen LogP contribution in [0.5, 0.6) is 0 Å². The Hall–Kier alpha value is -2.60. The molecular formula is C18H19N3O3. The molecule has 1 aliphatic heterocycles. The molecule has 1 unspecified atom stereocenters. The largest absolute Gasteiger partial charge is 0.380 e. The first-order chi connectivity index (χ1) is 11.6. The highest BCUT2D eigenvalue weighted by Crippen LogP contribution is 2.24. The van der Waals surface area contributed by atoms with E-state index in [1.165, 1.54) is 0 Å². The van der Waals surface area contributed by atoms with Gasteiger partial charge < -0.3 is 19.6 Å². The molecule has 24 heavy (non-hydrogen) atoms. The number of hydrogen-bond donors (Lipinski definition) is 2. The van der Waals surface area contributed by atoms with E-state index in [-0.39, 0.29) is 23.6 Å². The topological polar surface area (TPSA) is 80.2 Å². The fourth-order valence-electron chi connectivity index (χ4n) is 2.91. The van der Waals surface area contributed by atoms with Gasteiger partial charge in [-0.25, -0.2) is 0 Å². The normalized spacial score (nSPS) is 16.1. The van der Waals surface area contributed by atoms with Crippen LogP contribution in [0.1, 0.15) is 46.4 Å². The number of H-pyrrole nitrogens is 1. The molecule has 4 rings (SSSR count). The highest BCUT2D eigenvalue weighted by atomic mass is 16.5. The maximum absolute atomic E-state index is 12.4. The molecule has 1 aliphatic rings. The van der Waals surface area contributed by atoms with Gasteiger partial charge in [0.05, 0.1) is 30.9 Å². The van der Waals surface area contributed by atoms with Gasteiger partial charge in [0, 0.05) is 17.3 Å². The monoisotopic (exact) mass is 325 g/mol. The van der Waals surface area contributed by atoms with Gasteiger partial charge in [0.1, 0.15) is 0 Å². The summed E-state index contributed by atoms with van der Waals surface area (Å²) in [5.41, 5.74) is 4.04. The zero-order chi connectivity index (χ0) is 16.7. The van der Waals surface area contributed by atoms with Gasteiger partial charge in [0.25, 0.3) is 5.91 Å². The van der Waals surface area contributed by atoms with Crippen molar-refractivity contribution in [2.75, 3.05) is 13.2 Å². The Morgan fingerprint density at radius 2 is 2.17 bits per heavy atom. The number of nitrogens with one attached hydrogen (secondary N) is 2. The first-order valence-electron chi connectivity index (χ1n) is 8.04. The lowest BCUT2D eigenvalue weighted by Crippen LogP contribution is -2.26. The molecule has 0 aliphatic carbocycles. The van der Waals surface area contributed by atoms with E-state index >= 15 is 0 Å². The first kappa shape index (κ1) is 15.0. The van der Waals surface area contributed by atoms with Crippen molar-refractivity contribution in [1.82, 2.24) is 15.5 Å². The molecule has 1 fully saturated rings. The maximum atomic E-state index is 12.4. The molecule has 6 nitrogen and oxygen atoms in total. The van der Waals surface area contributed by atoms with Crippen LogP contribution in [0, 0.1) is 6.92 Å². The van der Waals surface area contributed by atoms with Crippen molar-refractivity contribution in [2.24, 2.45) is 0 Å². The number of aromatic nitrogens is 2. The lowest BCUT2D eigenvalue weighted by Gasteiger charge is -2.23. The Labute approximate surface area is 139 Å². The van der Waals surface area contributed by atoms with Crippen LogP contribution >= 0.6 is 0 Å². The van der Waals surface area contributed by atoms with Crippen molar-refractivity contribution in [3.63, 3.8) is 0 Å². The molecule has 3 aromatic rings. The second kappa shape index (κ2) is 5.79. The molecule has 2 aromatic heterocycles. The molecule has 0 spiro atoms. The van der Waals surface area contributed by atoms with E-state index < -0.39 is 0 Å². The van der Waals surface area contributed by atoms with Crippen molar-refractivity contribution < 1.29 is 14.1 Å². The molecule has 3 heterocycles. The van der Waals surface area contributed by atoms with Gasteiger partial charge >= 0.3 is 0 Å². The number of hydrogen-bond acceptors (Lipinski definition) is 4. The van der Waals surface area contributed by atoms with Crippen LogP contribution in [0.25, 0.3) is 10.9 Å². The highest BCUT2D eigenvalue weighted by molar-refractivity contribution is 5.91. The number of benzene rings is 1. The minimum absolute atomic E-state index is 0.127. The predicted molar refractivity (Wildman–Crippen MR) is 89.0 cm³/mol. The van der Waals surface area contributed by atoms with Gasteiger partial charge in [-0.2, -0.15) is 0 Å². The number of fused-ring (bicyclic) bond motifs is 1. The van der Waals surface area contributed by atoms with E-state index in [9.17, 15) is 4.79 Å². The maximum Gasteiger partial charge on any atom is 0.290 e. The molecule has 1 amide bonds. The van der Waals surface area contributed by atoms with Gasteiger partial charge in [0.2, 0.25) is 5.76 Å². The van der Waals surface area contributed by atoms with Gasteiger partial charge in [-0.1, -0.05) is 11.2 Å². The van der Waals surface area contributed by atoms with Gasteiger partial charge in [-0.15, -0.1) is 0 Å². The van der Waals surface area contributed by atoms with Crippen molar-refractivity contribution in [3.05, 3.63) is 53.0 Å². The Morgan fingerprint density at radius 1 is 1.33 bits per heavy atom. The highest BCUT2D eigenvalue weighted by Gasteiger charge is 2.26. The van der Waals surface area contributed by atoms with E-state index in [0.717, 1.165) is 27.9 Å². The number of rotatable bonds is 4. The van der Waals surface area contributed by atoms with Crippen molar-refractivity contribution >= 4 is 16.8 Å². The van der Waals surface area contributed by atoms with E-state index in [4.69, 9.17) is 9.26 Å². The summed E-state index contributed by atoms with van der Waals surface area (Å²) in [4.78, 5) is 15.7. The number of aryl methyl sites for hydroxylation is 1. The molecular weight excluding hydrogens is 306 g/mol. The molecule has 1 atom stereocenters. The Bertz CT molecular complexity index is 892. The second-order valence-electron chi connectivity index (χ2n) is 6.34. The molecule has 1 saturated heterocycles. The average Bonchev–Trinajstić information content (AvgIpc) is 3.10. The standard InChI is InChI=1S/C18H19N3O3/c1-10-5-13-6-12(3-4-15(13)19-10)11(2)20-18(22)17-7-16(21-24-17)14-8-23-9-14/h3-7,11,14,19H,8-9H2,1-2H3,(H,20,22). The molecule has 0 bridgehead atoms. The number of ether oxygens (including phenoxy) is 1. The third kappa shape index (κ3) is 2.69. The molecule has 0 radical (unpaired) electrons. The van der Waals surface area contributed by atoms with E-state index in [2.05, 4.69) is 27.6 Å². The molecule has 124 valence electrons. The molecule has 2 N–H and O–H groups in total. The molecule has 1 aromatic carbocycles. The number of carbonyl (C=O) groups excluding carboxylic acids is 1. The number of carbonyl (C=O) groups is 1. The smallest absolute Gasteiger partial charge is 0.290 e. The van der Waals surface area contributed by atoms with Crippen LogP contribution in [-0.2, 0) is 4.74 Å². The van der Waals surface area contributed by atoms with Gasteiger partial charge in [0.15, 0.2) is 0 Å². The SMILES string of the molecule is Cc1cc2cc(C(C)NC(=O)c3cc(C4COC4)no3)ccc2[nH]1. The van der Waals surface area contributed by atoms with Crippen molar-refractivity contribution in [1.29, 1.82) is 0 Å². The van der Waals surface area contributed by atoms with Crippen LogP contribution in [0.15, 0.2) is 34.9 Å². The van der Waals surface area contributed by atoms with E-state index in [0.29, 0.717) is 13.2 Å². The number of amides is 1. The van der Waals surface area contributed by atoms with Gasteiger partial charge in [-0.3, -0.25) is 4.79 Å². The zero-order valence-corrected chi connectivity index (χ0v) is 13.6. The summed E-state index contributed by atoms with van der Waals surface area (Å²) < 4.78 is 10.3. The van der Waals surface area contributed by atoms with Crippen LogP contribution in [-0.4, -0.2) is 29.3 Å². The third-order valence-corrected chi connectivity index (χ3v) is 4.44. The van der Waals surface area contributed by atoms with E-state index in [1.807, 2.05) is 26.0 Å². The zero-order valence-electron chi connectivity index (χ0n) is 13.6. The number of nitrogens with zero attached hydrogens (tertiary/aromatic N) is 1. The fourth-order valence-corrected chi connectivity index (χ4v) is 2.91. The Kier molecular flexibility index (Phi) is 3.61. The molecule has 0 saturated carbocycles.